The lowest BCUT2D eigenvalue weighted by molar-refractivity contribution is 0.262. The Labute approximate surface area is 178 Å². The molecular formula is C24H20FN3O3. The summed E-state index contributed by atoms with van der Waals surface area (Å²) in [5.41, 5.74) is 2.89. The predicted molar refractivity (Wildman–Crippen MR) is 119 cm³/mol. The molecule has 4 aromatic rings. The molecule has 0 aliphatic heterocycles. The quantitative estimate of drug-likeness (QED) is 0.410. The fourth-order valence-electron chi connectivity index (χ4n) is 3.12. The Hall–Kier alpha value is -4.13. The van der Waals surface area contributed by atoms with Crippen LogP contribution in [0.1, 0.15) is 5.56 Å². The van der Waals surface area contributed by atoms with E-state index in [0.717, 1.165) is 22.2 Å². The smallest absolute Gasteiger partial charge is 0.323 e. The fourth-order valence-corrected chi connectivity index (χ4v) is 3.12. The largest absolute Gasteiger partial charge is 0.496 e. The van der Waals surface area contributed by atoms with Crippen LogP contribution in [0, 0.1) is 12.7 Å². The van der Waals surface area contributed by atoms with Gasteiger partial charge in [0.1, 0.15) is 23.1 Å². The van der Waals surface area contributed by atoms with Crippen LogP contribution in [0.2, 0.25) is 0 Å². The molecule has 1 heterocycles. The van der Waals surface area contributed by atoms with Gasteiger partial charge in [-0.3, -0.25) is 4.98 Å². The number of nitrogens with zero attached hydrogens (tertiary/aromatic N) is 1. The molecule has 0 fully saturated rings. The van der Waals surface area contributed by atoms with Crippen molar-refractivity contribution in [2.45, 2.75) is 6.92 Å². The van der Waals surface area contributed by atoms with Crippen molar-refractivity contribution < 1.29 is 18.7 Å². The van der Waals surface area contributed by atoms with Crippen LogP contribution in [0.5, 0.6) is 17.2 Å². The van der Waals surface area contributed by atoms with Gasteiger partial charge in [-0.15, -0.1) is 0 Å². The van der Waals surface area contributed by atoms with E-state index in [9.17, 15) is 9.18 Å². The third-order valence-electron chi connectivity index (χ3n) is 4.66. The molecule has 0 aliphatic rings. The summed E-state index contributed by atoms with van der Waals surface area (Å²) in [6, 6.07) is 17.7. The molecule has 0 saturated carbocycles. The number of methoxy groups -OCH3 is 1. The average molecular weight is 417 g/mol. The molecule has 0 atom stereocenters. The number of aromatic nitrogens is 1. The van der Waals surface area contributed by atoms with Gasteiger partial charge >= 0.3 is 6.03 Å². The van der Waals surface area contributed by atoms with E-state index in [2.05, 4.69) is 15.6 Å². The lowest BCUT2D eigenvalue weighted by Crippen LogP contribution is -2.19. The fraction of sp³-hybridized carbons (Fsp3) is 0.0833. The summed E-state index contributed by atoms with van der Waals surface area (Å²) in [6.07, 6.45) is 1.69. The number of urea groups is 1. The number of benzene rings is 3. The molecule has 7 heteroatoms. The van der Waals surface area contributed by atoms with Gasteiger partial charge in [-0.05, 0) is 79.2 Å². The number of amides is 2. The Morgan fingerprint density at radius 3 is 2.19 bits per heavy atom. The molecule has 0 radical (unpaired) electrons. The van der Waals surface area contributed by atoms with E-state index < -0.39 is 6.03 Å². The maximum absolute atomic E-state index is 13.0. The van der Waals surface area contributed by atoms with Crippen LogP contribution >= 0.6 is 0 Å². The summed E-state index contributed by atoms with van der Waals surface area (Å²) in [6.45, 7) is 1.96. The van der Waals surface area contributed by atoms with Crippen molar-refractivity contribution >= 4 is 28.3 Å². The second-order valence-corrected chi connectivity index (χ2v) is 6.86. The van der Waals surface area contributed by atoms with Gasteiger partial charge in [0.05, 0.1) is 12.6 Å². The highest BCUT2D eigenvalue weighted by atomic mass is 19.1. The summed E-state index contributed by atoms with van der Waals surface area (Å²) in [4.78, 5) is 16.5. The Morgan fingerprint density at radius 2 is 1.55 bits per heavy atom. The number of anilines is 2. The molecule has 6 nitrogen and oxygen atoms in total. The number of fused-ring (bicyclic) bond motifs is 1. The van der Waals surface area contributed by atoms with Crippen LogP contribution in [-0.2, 0) is 0 Å². The van der Waals surface area contributed by atoms with Crippen molar-refractivity contribution in [3.05, 3.63) is 84.3 Å². The first-order valence-corrected chi connectivity index (χ1v) is 9.56. The van der Waals surface area contributed by atoms with Crippen molar-refractivity contribution in [2.75, 3.05) is 17.7 Å². The zero-order chi connectivity index (χ0) is 21.8. The summed E-state index contributed by atoms with van der Waals surface area (Å²) < 4.78 is 24.4. The Morgan fingerprint density at radius 1 is 0.903 bits per heavy atom. The SMILES string of the molecule is COc1cc2c(Oc3ccc(NC(=O)Nc4ccc(F)cc4)cc3)ccnc2cc1C. The summed E-state index contributed by atoms with van der Waals surface area (Å²) >= 11 is 0. The molecule has 1 aromatic heterocycles. The topological polar surface area (TPSA) is 72.5 Å². The minimum atomic E-state index is -0.428. The second-order valence-electron chi connectivity index (χ2n) is 6.86. The Balaban J connectivity index is 1.46. The maximum Gasteiger partial charge on any atom is 0.323 e. The number of pyridine rings is 1. The molecule has 2 N–H and O–H groups in total. The number of ether oxygens (including phenoxy) is 2. The predicted octanol–water partition coefficient (Wildman–Crippen LogP) is 6.13. The monoisotopic (exact) mass is 417 g/mol. The Kier molecular flexibility index (Phi) is 5.66. The molecule has 3 aromatic carbocycles. The van der Waals surface area contributed by atoms with Gasteiger partial charge in [0, 0.05) is 23.0 Å². The van der Waals surface area contributed by atoms with Gasteiger partial charge in [-0.25, -0.2) is 9.18 Å². The van der Waals surface area contributed by atoms with Crippen molar-refractivity contribution in [3.8, 4) is 17.2 Å². The third-order valence-corrected chi connectivity index (χ3v) is 4.66. The van der Waals surface area contributed by atoms with Gasteiger partial charge in [-0.1, -0.05) is 0 Å². The number of carbonyl (C=O) groups is 1. The molecule has 31 heavy (non-hydrogen) atoms. The van der Waals surface area contributed by atoms with E-state index in [0.29, 0.717) is 22.9 Å². The second kappa shape index (κ2) is 8.71. The number of carbonyl (C=O) groups excluding carboxylic acids is 1. The van der Waals surface area contributed by atoms with Crippen LogP contribution in [0.4, 0.5) is 20.6 Å². The zero-order valence-corrected chi connectivity index (χ0v) is 17.0. The molecule has 4 rings (SSSR count). The zero-order valence-electron chi connectivity index (χ0n) is 17.0. The van der Waals surface area contributed by atoms with Crippen LogP contribution < -0.4 is 20.1 Å². The van der Waals surface area contributed by atoms with E-state index in [-0.39, 0.29) is 5.82 Å². The standard InChI is InChI=1S/C24H20FN3O3/c1-15-13-21-20(14-23(15)30-2)22(11-12-26-21)31-19-9-7-18(8-10-19)28-24(29)27-17-5-3-16(25)4-6-17/h3-14H,1-2H3,(H2,27,28,29). The van der Waals surface area contributed by atoms with Crippen LogP contribution in [0.15, 0.2) is 72.9 Å². The highest BCUT2D eigenvalue weighted by Crippen LogP contribution is 2.33. The summed E-state index contributed by atoms with van der Waals surface area (Å²) in [5, 5.41) is 6.20. The van der Waals surface area contributed by atoms with E-state index in [4.69, 9.17) is 9.47 Å². The number of halogens is 1. The van der Waals surface area contributed by atoms with Crippen molar-refractivity contribution in [1.29, 1.82) is 0 Å². The summed E-state index contributed by atoms with van der Waals surface area (Å²) in [5.74, 6) is 1.66. The summed E-state index contributed by atoms with van der Waals surface area (Å²) in [7, 11) is 1.63. The molecule has 0 saturated heterocycles. The van der Waals surface area contributed by atoms with Gasteiger partial charge in [-0.2, -0.15) is 0 Å². The molecule has 0 aliphatic carbocycles. The van der Waals surface area contributed by atoms with E-state index in [1.165, 1.54) is 24.3 Å². The number of rotatable bonds is 5. The minimum Gasteiger partial charge on any atom is -0.496 e. The van der Waals surface area contributed by atoms with E-state index in [1.54, 1.807) is 43.6 Å². The highest BCUT2D eigenvalue weighted by molar-refractivity contribution is 5.99. The molecular weight excluding hydrogens is 397 g/mol. The van der Waals surface area contributed by atoms with Crippen LogP contribution in [0.3, 0.4) is 0 Å². The van der Waals surface area contributed by atoms with E-state index >= 15 is 0 Å². The number of hydrogen-bond acceptors (Lipinski definition) is 4. The lowest BCUT2D eigenvalue weighted by Gasteiger charge is -2.12. The molecule has 156 valence electrons. The van der Waals surface area contributed by atoms with Gasteiger partial charge in [0.2, 0.25) is 0 Å². The van der Waals surface area contributed by atoms with Gasteiger partial charge < -0.3 is 20.1 Å². The normalized spacial score (nSPS) is 10.5. The number of nitrogens with one attached hydrogen (secondary N) is 2. The maximum atomic E-state index is 13.0. The highest BCUT2D eigenvalue weighted by Gasteiger charge is 2.09. The molecule has 0 unspecified atom stereocenters. The molecule has 2 amide bonds. The van der Waals surface area contributed by atoms with Gasteiger partial charge in [0.15, 0.2) is 0 Å². The first kappa shape index (κ1) is 20.2. The van der Waals surface area contributed by atoms with Crippen LogP contribution in [-0.4, -0.2) is 18.1 Å². The molecule has 0 spiro atoms. The number of aryl methyl sites for hydroxylation is 1. The minimum absolute atomic E-state index is 0.364. The van der Waals surface area contributed by atoms with Crippen molar-refractivity contribution in [3.63, 3.8) is 0 Å². The van der Waals surface area contributed by atoms with Crippen molar-refractivity contribution in [1.82, 2.24) is 4.98 Å². The molecule has 0 bridgehead atoms. The van der Waals surface area contributed by atoms with E-state index in [1.807, 2.05) is 19.1 Å². The van der Waals surface area contributed by atoms with Crippen LogP contribution in [0.25, 0.3) is 10.9 Å². The number of hydrogen-bond donors (Lipinski definition) is 2. The Bertz CT molecular complexity index is 1230. The average Bonchev–Trinajstić information content (AvgIpc) is 2.76. The first-order chi connectivity index (χ1) is 15.0. The third kappa shape index (κ3) is 4.72. The van der Waals surface area contributed by atoms with Crippen molar-refractivity contribution in [2.24, 2.45) is 0 Å². The lowest BCUT2D eigenvalue weighted by atomic mass is 10.1. The first-order valence-electron chi connectivity index (χ1n) is 9.56. The van der Waals surface area contributed by atoms with Gasteiger partial charge in [0.25, 0.3) is 0 Å².